The first-order chi connectivity index (χ1) is 7.20. The summed E-state index contributed by atoms with van der Waals surface area (Å²) in [6.07, 6.45) is 0.148. The maximum atomic E-state index is 11.7. The Hall–Kier alpha value is -1.59. The number of carbonyl (C=O) groups is 2. The van der Waals surface area contributed by atoms with Gasteiger partial charge in [-0.3, -0.25) is 4.79 Å². The van der Waals surface area contributed by atoms with Crippen LogP contribution in [0.4, 0.5) is 4.79 Å². The number of urea groups is 1. The van der Waals surface area contributed by atoms with E-state index in [1.807, 2.05) is 20.8 Å². The van der Waals surface area contributed by atoms with Gasteiger partial charge >= 0.3 is 6.03 Å². The summed E-state index contributed by atoms with van der Waals surface area (Å²) in [4.78, 5) is 27.8. The van der Waals surface area contributed by atoms with E-state index in [1.165, 1.54) is 4.90 Å². The molecule has 1 aliphatic rings. The highest BCUT2D eigenvalue weighted by atomic mass is 16.2. The van der Waals surface area contributed by atoms with Gasteiger partial charge in [-0.25, -0.2) is 4.79 Å². The van der Waals surface area contributed by atoms with Crippen LogP contribution in [0.15, 0.2) is 4.99 Å². The molecule has 0 saturated heterocycles. The molecule has 0 bridgehead atoms. The van der Waals surface area contributed by atoms with Gasteiger partial charge in [-0.2, -0.15) is 4.99 Å². The second kappa shape index (κ2) is 4.11. The molecule has 1 rings (SSSR count). The third-order valence-electron chi connectivity index (χ3n) is 2.23. The first-order valence-electron chi connectivity index (χ1n) is 5.12. The summed E-state index contributed by atoms with van der Waals surface area (Å²) < 4.78 is 0. The Morgan fingerprint density at radius 1 is 1.56 bits per heavy atom. The lowest BCUT2D eigenvalue weighted by Crippen LogP contribution is -2.46. The van der Waals surface area contributed by atoms with Crippen molar-refractivity contribution in [1.82, 2.24) is 10.2 Å². The van der Waals surface area contributed by atoms with E-state index >= 15 is 0 Å². The summed E-state index contributed by atoms with van der Waals surface area (Å²) in [6, 6.07) is -0.819. The lowest BCUT2D eigenvalue weighted by atomic mass is 10.1. The monoisotopic (exact) mass is 226 g/mol. The molecular formula is C10H18N4O2. The molecule has 0 fully saturated rings. The second-order valence-corrected chi connectivity index (χ2v) is 4.95. The van der Waals surface area contributed by atoms with Crippen molar-refractivity contribution in [1.29, 1.82) is 0 Å². The van der Waals surface area contributed by atoms with Crippen molar-refractivity contribution in [2.45, 2.75) is 38.8 Å². The lowest BCUT2D eigenvalue weighted by Gasteiger charge is -2.24. The number of aliphatic imine (C=N–C) groups is 1. The highest BCUT2D eigenvalue weighted by molar-refractivity contribution is 6.04. The maximum Gasteiger partial charge on any atom is 0.345 e. The van der Waals surface area contributed by atoms with Gasteiger partial charge in [0.15, 0.2) is 0 Å². The van der Waals surface area contributed by atoms with Crippen molar-refractivity contribution in [3.8, 4) is 0 Å². The van der Waals surface area contributed by atoms with Gasteiger partial charge in [0.1, 0.15) is 5.84 Å². The van der Waals surface area contributed by atoms with Gasteiger partial charge in [0.05, 0.1) is 12.5 Å². The van der Waals surface area contributed by atoms with Crippen molar-refractivity contribution in [3.05, 3.63) is 0 Å². The van der Waals surface area contributed by atoms with Gasteiger partial charge in [-0.05, 0) is 20.8 Å². The maximum absolute atomic E-state index is 11.7. The number of amides is 3. The van der Waals surface area contributed by atoms with Crippen LogP contribution in [-0.4, -0.2) is 41.3 Å². The molecule has 1 unspecified atom stereocenters. The minimum absolute atomic E-state index is 0.141. The van der Waals surface area contributed by atoms with E-state index in [4.69, 9.17) is 5.73 Å². The minimum Gasteiger partial charge on any atom is -0.385 e. The van der Waals surface area contributed by atoms with Gasteiger partial charge in [-0.1, -0.05) is 0 Å². The minimum atomic E-state index is -0.421. The van der Waals surface area contributed by atoms with Crippen LogP contribution in [0.3, 0.4) is 0 Å². The van der Waals surface area contributed by atoms with E-state index in [9.17, 15) is 9.59 Å². The Morgan fingerprint density at radius 2 is 2.12 bits per heavy atom. The van der Waals surface area contributed by atoms with Crippen LogP contribution < -0.4 is 11.1 Å². The second-order valence-electron chi connectivity index (χ2n) is 4.95. The molecule has 90 valence electrons. The van der Waals surface area contributed by atoms with Gasteiger partial charge in [0.25, 0.3) is 0 Å². The number of nitrogens with zero attached hydrogens (tertiary/aromatic N) is 2. The highest BCUT2D eigenvalue weighted by Crippen LogP contribution is 2.12. The largest absolute Gasteiger partial charge is 0.385 e. The summed E-state index contributed by atoms with van der Waals surface area (Å²) in [7, 11) is 1.58. The normalized spacial score (nSPS) is 21.0. The molecule has 0 radical (unpaired) electrons. The molecule has 6 heteroatoms. The van der Waals surface area contributed by atoms with Gasteiger partial charge in [0.2, 0.25) is 5.91 Å². The van der Waals surface area contributed by atoms with Crippen molar-refractivity contribution in [2.75, 3.05) is 7.05 Å². The first kappa shape index (κ1) is 12.5. The standard InChI is InChI=1S/C10H18N4O2/c1-10(2,3)13-7(15)5-6-8(11)12-9(16)14(6)4/h6H,5H2,1-4H3,(H,13,15)(H2,11,12,16). The number of nitrogens with one attached hydrogen (secondary N) is 1. The zero-order valence-electron chi connectivity index (χ0n) is 10.1. The SMILES string of the molecule is CN1C(=O)N=C(N)C1CC(=O)NC(C)(C)C. The molecule has 0 saturated carbocycles. The van der Waals surface area contributed by atoms with Crippen LogP contribution in [-0.2, 0) is 4.79 Å². The van der Waals surface area contributed by atoms with Crippen LogP contribution in [0, 0.1) is 0 Å². The quantitative estimate of drug-likeness (QED) is 0.699. The Morgan fingerprint density at radius 3 is 2.50 bits per heavy atom. The van der Waals surface area contributed by atoms with E-state index in [-0.39, 0.29) is 23.7 Å². The van der Waals surface area contributed by atoms with E-state index < -0.39 is 12.1 Å². The number of hydrogen-bond donors (Lipinski definition) is 2. The molecule has 0 aromatic rings. The zero-order chi connectivity index (χ0) is 12.5. The third kappa shape index (κ3) is 2.95. The Labute approximate surface area is 94.9 Å². The summed E-state index contributed by atoms with van der Waals surface area (Å²) in [5, 5.41) is 2.81. The molecule has 3 N–H and O–H groups in total. The number of amidine groups is 1. The van der Waals surface area contributed by atoms with Crippen LogP contribution in [0.2, 0.25) is 0 Å². The number of hydrogen-bond acceptors (Lipinski definition) is 3. The van der Waals surface area contributed by atoms with Gasteiger partial charge in [0, 0.05) is 12.6 Å². The number of nitrogens with two attached hydrogens (primary N) is 1. The molecule has 0 aromatic heterocycles. The average Bonchev–Trinajstić information content (AvgIpc) is 2.29. The smallest absolute Gasteiger partial charge is 0.345 e. The van der Waals surface area contributed by atoms with Crippen LogP contribution in [0.1, 0.15) is 27.2 Å². The van der Waals surface area contributed by atoms with E-state index in [2.05, 4.69) is 10.3 Å². The molecule has 0 aliphatic carbocycles. The molecule has 1 heterocycles. The fourth-order valence-electron chi connectivity index (χ4n) is 1.48. The van der Waals surface area contributed by atoms with E-state index in [0.717, 1.165) is 0 Å². The summed E-state index contributed by atoms with van der Waals surface area (Å²) >= 11 is 0. The molecule has 6 nitrogen and oxygen atoms in total. The Bertz CT molecular complexity index is 343. The number of carbonyl (C=O) groups excluding carboxylic acids is 2. The Kier molecular flexibility index (Phi) is 3.21. The predicted octanol–water partition coefficient (Wildman–Crippen LogP) is 0.0824. The van der Waals surface area contributed by atoms with Crippen molar-refractivity contribution >= 4 is 17.8 Å². The molecule has 0 aromatic carbocycles. The summed E-state index contributed by atoms with van der Waals surface area (Å²) in [5.41, 5.74) is 5.29. The van der Waals surface area contributed by atoms with E-state index in [1.54, 1.807) is 7.05 Å². The lowest BCUT2D eigenvalue weighted by molar-refractivity contribution is -0.122. The number of likely N-dealkylation sites (N-methyl/N-ethyl adjacent to an activating group) is 1. The molecule has 3 amide bonds. The van der Waals surface area contributed by atoms with Crippen LogP contribution >= 0.6 is 0 Å². The fourth-order valence-corrected chi connectivity index (χ4v) is 1.48. The summed E-state index contributed by atoms with van der Waals surface area (Å²) in [6.45, 7) is 5.68. The third-order valence-corrected chi connectivity index (χ3v) is 2.23. The highest BCUT2D eigenvalue weighted by Gasteiger charge is 2.32. The molecule has 0 spiro atoms. The first-order valence-corrected chi connectivity index (χ1v) is 5.12. The average molecular weight is 226 g/mol. The fraction of sp³-hybridized carbons (Fsp3) is 0.700. The zero-order valence-corrected chi connectivity index (χ0v) is 10.1. The summed E-state index contributed by atoms with van der Waals surface area (Å²) in [5.74, 6) is 0.0637. The van der Waals surface area contributed by atoms with Gasteiger partial charge in [-0.15, -0.1) is 0 Å². The van der Waals surface area contributed by atoms with Crippen molar-refractivity contribution < 1.29 is 9.59 Å². The molecule has 1 aliphatic heterocycles. The molecule has 1 atom stereocenters. The molecule has 16 heavy (non-hydrogen) atoms. The van der Waals surface area contributed by atoms with Crippen molar-refractivity contribution in [3.63, 3.8) is 0 Å². The molecular weight excluding hydrogens is 208 g/mol. The number of rotatable bonds is 2. The van der Waals surface area contributed by atoms with Crippen LogP contribution in [0.5, 0.6) is 0 Å². The Balaban J connectivity index is 2.59. The van der Waals surface area contributed by atoms with Crippen molar-refractivity contribution in [2.24, 2.45) is 10.7 Å². The predicted molar refractivity (Wildman–Crippen MR) is 61.1 cm³/mol. The van der Waals surface area contributed by atoms with Gasteiger partial charge < -0.3 is 16.0 Å². The topological polar surface area (TPSA) is 87.8 Å². The van der Waals surface area contributed by atoms with E-state index in [0.29, 0.717) is 0 Å². The van der Waals surface area contributed by atoms with Crippen LogP contribution in [0.25, 0.3) is 0 Å².